The largest absolute Gasteiger partial charge is 0.468 e. The summed E-state index contributed by atoms with van der Waals surface area (Å²) in [6, 6.07) is 3.62. The van der Waals surface area contributed by atoms with E-state index in [0.717, 1.165) is 37.1 Å². The molecule has 0 saturated carbocycles. The van der Waals surface area contributed by atoms with Gasteiger partial charge in [-0.2, -0.15) is 4.98 Å². The third-order valence-electron chi connectivity index (χ3n) is 4.57. The first-order chi connectivity index (χ1) is 12.0. The minimum Gasteiger partial charge on any atom is -0.468 e. The molecular formula is C18H26N4O3. The van der Waals surface area contributed by atoms with Crippen LogP contribution in [-0.4, -0.2) is 49.0 Å². The molecule has 1 aromatic heterocycles. The molecule has 136 valence electrons. The number of carbonyl (C=O) groups excluding carboxylic acids is 1. The Labute approximate surface area is 147 Å². The van der Waals surface area contributed by atoms with Crippen molar-refractivity contribution in [3.63, 3.8) is 0 Å². The molecule has 1 fully saturated rings. The van der Waals surface area contributed by atoms with Crippen molar-refractivity contribution in [2.75, 3.05) is 38.3 Å². The molecule has 7 nitrogen and oxygen atoms in total. The lowest BCUT2D eigenvalue weighted by Gasteiger charge is -2.31. The van der Waals surface area contributed by atoms with E-state index < -0.39 is 6.03 Å². The van der Waals surface area contributed by atoms with Gasteiger partial charge in [0.1, 0.15) is 5.52 Å². The number of methoxy groups -OCH3 is 1. The maximum atomic E-state index is 11.9. The number of rotatable bonds is 5. The summed E-state index contributed by atoms with van der Waals surface area (Å²) in [6.07, 6.45) is 2.06. The smallest absolute Gasteiger partial charge is 0.327 e. The monoisotopic (exact) mass is 346 g/mol. The summed E-state index contributed by atoms with van der Waals surface area (Å²) in [7, 11) is 1.49. The van der Waals surface area contributed by atoms with Crippen LogP contribution in [0.1, 0.15) is 25.8 Å². The Bertz CT molecular complexity index is 763. The summed E-state index contributed by atoms with van der Waals surface area (Å²) >= 11 is 0. The number of hydrogen-bond acceptors (Lipinski definition) is 5. The van der Waals surface area contributed by atoms with E-state index in [2.05, 4.69) is 29.8 Å². The van der Waals surface area contributed by atoms with Crippen LogP contribution in [0.25, 0.3) is 11.0 Å². The van der Waals surface area contributed by atoms with Crippen molar-refractivity contribution >= 4 is 22.8 Å². The molecular weight excluding hydrogens is 320 g/mol. The molecule has 3 rings (SSSR count). The van der Waals surface area contributed by atoms with Crippen LogP contribution in [0.3, 0.4) is 0 Å². The van der Waals surface area contributed by atoms with Crippen LogP contribution < -0.4 is 15.4 Å². The number of morpholine rings is 1. The van der Waals surface area contributed by atoms with Crippen molar-refractivity contribution < 1.29 is 14.3 Å². The Hall–Kier alpha value is -2.28. The van der Waals surface area contributed by atoms with E-state index in [1.807, 2.05) is 6.07 Å². The van der Waals surface area contributed by atoms with Crippen molar-refractivity contribution in [3.05, 3.63) is 17.7 Å². The van der Waals surface area contributed by atoms with Crippen LogP contribution in [0.4, 0.5) is 10.5 Å². The Morgan fingerprint density at radius 3 is 2.68 bits per heavy atom. The maximum absolute atomic E-state index is 11.9. The third kappa shape index (κ3) is 3.42. The van der Waals surface area contributed by atoms with Gasteiger partial charge in [0.25, 0.3) is 0 Å². The van der Waals surface area contributed by atoms with E-state index in [0.29, 0.717) is 24.6 Å². The fourth-order valence-corrected chi connectivity index (χ4v) is 3.29. The number of aryl methyl sites for hydroxylation is 1. The lowest BCUT2D eigenvalue weighted by Crippen LogP contribution is -2.37. The van der Waals surface area contributed by atoms with Crippen LogP contribution >= 0.6 is 0 Å². The van der Waals surface area contributed by atoms with E-state index in [1.165, 1.54) is 17.2 Å². The van der Waals surface area contributed by atoms with Gasteiger partial charge in [0, 0.05) is 13.1 Å². The van der Waals surface area contributed by atoms with E-state index >= 15 is 0 Å². The lowest BCUT2D eigenvalue weighted by atomic mass is 9.99. The zero-order valence-corrected chi connectivity index (χ0v) is 15.1. The number of imidazole rings is 1. The van der Waals surface area contributed by atoms with E-state index in [-0.39, 0.29) is 6.01 Å². The van der Waals surface area contributed by atoms with Gasteiger partial charge in [-0.15, -0.1) is 0 Å². The quantitative estimate of drug-likeness (QED) is 0.899. The molecule has 2 heterocycles. The second-order valence-electron chi connectivity index (χ2n) is 6.75. The van der Waals surface area contributed by atoms with Gasteiger partial charge in [-0.05, 0) is 30.4 Å². The fraction of sp³-hybridized carbons (Fsp3) is 0.556. The van der Waals surface area contributed by atoms with Crippen molar-refractivity contribution in [2.45, 2.75) is 26.7 Å². The summed E-state index contributed by atoms with van der Waals surface area (Å²) < 4.78 is 12.1. The number of primary amides is 1. The number of benzene rings is 1. The predicted molar refractivity (Wildman–Crippen MR) is 97.5 cm³/mol. The molecule has 1 amide bonds. The van der Waals surface area contributed by atoms with Crippen molar-refractivity contribution in [3.8, 4) is 6.01 Å². The standard InChI is InChI=1S/C18H26N4O3/c1-12(2)4-5-13-6-7-14-15(16(13)21-8-10-25-11-9-21)20-18(24-3)22(14)17(19)23/h6-7,12H,4-5,8-11H2,1-3H3,(H2,19,23). The average Bonchev–Trinajstić information content (AvgIpc) is 2.98. The predicted octanol–water partition coefficient (Wildman–Crippen LogP) is 2.40. The van der Waals surface area contributed by atoms with Crippen LogP contribution in [0.15, 0.2) is 12.1 Å². The molecule has 1 aliphatic heterocycles. The summed E-state index contributed by atoms with van der Waals surface area (Å²) in [4.78, 5) is 18.7. The number of nitrogens with zero attached hydrogens (tertiary/aromatic N) is 3. The molecule has 1 aromatic carbocycles. The fourth-order valence-electron chi connectivity index (χ4n) is 3.29. The highest BCUT2D eigenvalue weighted by molar-refractivity contribution is 5.97. The molecule has 0 unspecified atom stereocenters. The normalized spacial score (nSPS) is 15.1. The number of carbonyl (C=O) groups is 1. The molecule has 1 saturated heterocycles. The number of amides is 1. The highest BCUT2D eigenvalue weighted by Gasteiger charge is 2.24. The van der Waals surface area contributed by atoms with Gasteiger partial charge in [0.05, 0.1) is 31.5 Å². The molecule has 0 spiro atoms. The zero-order valence-electron chi connectivity index (χ0n) is 15.1. The third-order valence-corrected chi connectivity index (χ3v) is 4.57. The van der Waals surface area contributed by atoms with Crippen LogP contribution in [0.2, 0.25) is 0 Å². The molecule has 25 heavy (non-hydrogen) atoms. The SMILES string of the molecule is COc1nc2c(N3CCOCC3)c(CCC(C)C)ccc2n1C(N)=O. The topological polar surface area (TPSA) is 82.6 Å². The summed E-state index contributed by atoms with van der Waals surface area (Å²) in [5, 5.41) is 0. The van der Waals surface area contributed by atoms with Gasteiger partial charge in [-0.3, -0.25) is 0 Å². The molecule has 0 atom stereocenters. The average molecular weight is 346 g/mol. The van der Waals surface area contributed by atoms with Crippen LogP contribution in [0, 0.1) is 5.92 Å². The highest BCUT2D eigenvalue weighted by Crippen LogP contribution is 2.34. The number of hydrogen-bond donors (Lipinski definition) is 1. The van der Waals surface area contributed by atoms with E-state index in [4.69, 9.17) is 15.2 Å². The second kappa shape index (κ2) is 7.31. The maximum Gasteiger partial charge on any atom is 0.327 e. The lowest BCUT2D eigenvalue weighted by molar-refractivity contribution is 0.122. The molecule has 0 aliphatic carbocycles. The van der Waals surface area contributed by atoms with Gasteiger partial charge >= 0.3 is 12.0 Å². The minimum absolute atomic E-state index is 0.220. The first-order valence-corrected chi connectivity index (χ1v) is 8.73. The number of ether oxygens (including phenoxy) is 2. The van der Waals surface area contributed by atoms with Gasteiger partial charge in [-0.1, -0.05) is 19.9 Å². The highest BCUT2D eigenvalue weighted by atomic mass is 16.5. The Morgan fingerprint density at radius 2 is 2.08 bits per heavy atom. The minimum atomic E-state index is -0.595. The second-order valence-corrected chi connectivity index (χ2v) is 6.75. The number of fused-ring (bicyclic) bond motifs is 1. The molecule has 2 aromatic rings. The van der Waals surface area contributed by atoms with Gasteiger partial charge in [0.15, 0.2) is 0 Å². The van der Waals surface area contributed by atoms with Gasteiger partial charge in [0.2, 0.25) is 0 Å². The molecule has 0 bridgehead atoms. The molecule has 2 N–H and O–H groups in total. The van der Waals surface area contributed by atoms with E-state index in [1.54, 1.807) is 0 Å². The number of anilines is 1. The molecule has 7 heteroatoms. The zero-order chi connectivity index (χ0) is 18.0. The van der Waals surface area contributed by atoms with Crippen molar-refractivity contribution in [2.24, 2.45) is 11.7 Å². The first kappa shape index (κ1) is 17.5. The van der Waals surface area contributed by atoms with Crippen molar-refractivity contribution in [1.29, 1.82) is 0 Å². The summed E-state index contributed by atoms with van der Waals surface area (Å²) in [6.45, 7) is 7.43. The van der Waals surface area contributed by atoms with Crippen molar-refractivity contribution in [1.82, 2.24) is 9.55 Å². The number of aromatic nitrogens is 2. The molecule has 0 radical (unpaired) electrons. The Kier molecular flexibility index (Phi) is 5.13. The summed E-state index contributed by atoms with van der Waals surface area (Å²) in [5.41, 5.74) is 9.28. The molecule has 1 aliphatic rings. The van der Waals surface area contributed by atoms with Gasteiger partial charge in [-0.25, -0.2) is 9.36 Å². The Balaban J connectivity index is 2.16. The number of nitrogens with two attached hydrogens (primary N) is 1. The van der Waals surface area contributed by atoms with Crippen LogP contribution in [0.5, 0.6) is 6.01 Å². The Morgan fingerprint density at radius 1 is 1.36 bits per heavy atom. The first-order valence-electron chi connectivity index (χ1n) is 8.73. The van der Waals surface area contributed by atoms with Crippen LogP contribution in [-0.2, 0) is 11.2 Å². The van der Waals surface area contributed by atoms with E-state index in [9.17, 15) is 4.79 Å². The summed E-state index contributed by atoms with van der Waals surface area (Å²) in [5.74, 6) is 0.617. The van der Waals surface area contributed by atoms with Gasteiger partial charge < -0.3 is 20.1 Å².